The van der Waals surface area contributed by atoms with Gasteiger partial charge in [0.2, 0.25) is 0 Å². The molecule has 1 heterocycles. The molecular formula is C13H17NO. The smallest absolute Gasteiger partial charge is 0.105 e. The molecule has 0 spiro atoms. The topological polar surface area (TPSA) is 32.3 Å². The number of nitrogens with one attached hydrogen (secondary N) is 1. The molecule has 1 saturated heterocycles. The number of benzene rings is 1. The van der Waals surface area contributed by atoms with Gasteiger partial charge in [-0.2, -0.15) is 0 Å². The van der Waals surface area contributed by atoms with E-state index >= 15 is 0 Å². The molecule has 0 bridgehead atoms. The SMILES string of the molecule is O[C@@]1(c2ccccc2)CC[C@@H]2CCN[C@@H]21. The molecule has 1 aromatic rings. The van der Waals surface area contributed by atoms with Crippen LogP contribution in [0.1, 0.15) is 24.8 Å². The normalized spacial score (nSPS) is 39.3. The summed E-state index contributed by atoms with van der Waals surface area (Å²) in [7, 11) is 0. The van der Waals surface area contributed by atoms with E-state index in [1.807, 2.05) is 30.3 Å². The Morgan fingerprint density at radius 3 is 2.80 bits per heavy atom. The number of rotatable bonds is 1. The summed E-state index contributed by atoms with van der Waals surface area (Å²) in [6.07, 6.45) is 3.28. The first kappa shape index (κ1) is 9.37. The third kappa shape index (κ3) is 1.32. The van der Waals surface area contributed by atoms with Crippen molar-refractivity contribution in [3.8, 4) is 0 Å². The lowest BCUT2D eigenvalue weighted by molar-refractivity contribution is 0.0168. The lowest BCUT2D eigenvalue weighted by Crippen LogP contribution is -2.43. The van der Waals surface area contributed by atoms with E-state index in [-0.39, 0.29) is 6.04 Å². The fourth-order valence-corrected chi connectivity index (χ4v) is 3.24. The molecule has 15 heavy (non-hydrogen) atoms. The fraction of sp³-hybridized carbons (Fsp3) is 0.538. The van der Waals surface area contributed by atoms with Crippen molar-refractivity contribution in [2.75, 3.05) is 6.54 Å². The molecular weight excluding hydrogens is 186 g/mol. The van der Waals surface area contributed by atoms with Crippen molar-refractivity contribution >= 4 is 0 Å². The maximum absolute atomic E-state index is 10.8. The molecule has 80 valence electrons. The number of aliphatic hydroxyl groups is 1. The molecule has 0 unspecified atom stereocenters. The summed E-state index contributed by atoms with van der Waals surface area (Å²) in [6.45, 7) is 1.06. The molecule has 0 amide bonds. The summed E-state index contributed by atoms with van der Waals surface area (Å²) in [5.41, 5.74) is 0.453. The Bertz CT molecular complexity index is 351. The van der Waals surface area contributed by atoms with Gasteiger partial charge in [-0.05, 0) is 37.3 Å². The van der Waals surface area contributed by atoms with Crippen molar-refractivity contribution < 1.29 is 5.11 Å². The van der Waals surface area contributed by atoms with Crippen molar-refractivity contribution in [2.24, 2.45) is 5.92 Å². The lowest BCUT2D eigenvalue weighted by atomic mass is 9.87. The summed E-state index contributed by atoms with van der Waals surface area (Å²) in [5, 5.41) is 14.2. The van der Waals surface area contributed by atoms with Crippen LogP contribution in [0.15, 0.2) is 30.3 Å². The highest BCUT2D eigenvalue weighted by Crippen LogP contribution is 2.45. The van der Waals surface area contributed by atoms with Crippen LogP contribution < -0.4 is 5.32 Å². The Balaban J connectivity index is 1.97. The zero-order chi connectivity index (χ0) is 10.3. The zero-order valence-electron chi connectivity index (χ0n) is 8.82. The van der Waals surface area contributed by atoms with Gasteiger partial charge in [-0.3, -0.25) is 0 Å². The van der Waals surface area contributed by atoms with Crippen LogP contribution >= 0.6 is 0 Å². The minimum atomic E-state index is -0.623. The van der Waals surface area contributed by atoms with E-state index in [0.29, 0.717) is 5.92 Å². The second-order valence-corrected chi connectivity index (χ2v) is 4.81. The average molecular weight is 203 g/mol. The molecule has 1 aliphatic carbocycles. The molecule has 3 rings (SSSR count). The van der Waals surface area contributed by atoms with Crippen LogP contribution in [0.2, 0.25) is 0 Å². The zero-order valence-corrected chi connectivity index (χ0v) is 8.82. The Kier molecular flexibility index (Phi) is 2.08. The van der Waals surface area contributed by atoms with Gasteiger partial charge in [-0.15, -0.1) is 0 Å². The van der Waals surface area contributed by atoms with Crippen LogP contribution in [0, 0.1) is 5.92 Å². The highest BCUT2D eigenvalue weighted by atomic mass is 16.3. The lowest BCUT2D eigenvalue weighted by Gasteiger charge is -2.30. The van der Waals surface area contributed by atoms with Crippen molar-refractivity contribution in [3.05, 3.63) is 35.9 Å². The number of hydrogen-bond acceptors (Lipinski definition) is 2. The van der Waals surface area contributed by atoms with E-state index in [2.05, 4.69) is 5.32 Å². The molecule has 1 saturated carbocycles. The third-order valence-electron chi connectivity index (χ3n) is 4.04. The van der Waals surface area contributed by atoms with Gasteiger partial charge >= 0.3 is 0 Å². The van der Waals surface area contributed by atoms with Gasteiger partial charge in [0, 0.05) is 6.04 Å². The van der Waals surface area contributed by atoms with E-state index in [0.717, 1.165) is 24.9 Å². The van der Waals surface area contributed by atoms with Crippen molar-refractivity contribution in [1.82, 2.24) is 5.32 Å². The first-order valence-corrected chi connectivity index (χ1v) is 5.82. The van der Waals surface area contributed by atoms with E-state index < -0.39 is 5.60 Å². The molecule has 3 atom stereocenters. The van der Waals surface area contributed by atoms with Crippen LogP contribution in [0.25, 0.3) is 0 Å². The molecule has 2 fully saturated rings. The molecule has 2 aliphatic rings. The van der Waals surface area contributed by atoms with Crippen molar-refractivity contribution in [2.45, 2.75) is 30.9 Å². The largest absolute Gasteiger partial charge is 0.384 e. The average Bonchev–Trinajstić information content (AvgIpc) is 2.85. The van der Waals surface area contributed by atoms with Crippen molar-refractivity contribution in [1.29, 1.82) is 0 Å². The Morgan fingerprint density at radius 1 is 1.20 bits per heavy atom. The van der Waals surface area contributed by atoms with E-state index in [1.165, 1.54) is 6.42 Å². The molecule has 2 nitrogen and oxygen atoms in total. The van der Waals surface area contributed by atoms with Crippen LogP contribution in [0.4, 0.5) is 0 Å². The highest BCUT2D eigenvalue weighted by Gasteiger charge is 2.49. The highest BCUT2D eigenvalue weighted by molar-refractivity contribution is 5.27. The summed E-state index contributed by atoms with van der Waals surface area (Å²) in [4.78, 5) is 0. The van der Waals surface area contributed by atoms with E-state index in [1.54, 1.807) is 0 Å². The maximum Gasteiger partial charge on any atom is 0.105 e. The Morgan fingerprint density at radius 2 is 2.00 bits per heavy atom. The molecule has 2 heteroatoms. The molecule has 2 N–H and O–H groups in total. The maximum atomic E-state index is 10.8. The standard InChI is InChI=1S/C13H17NO/c15-13(11-4-2-1-3-5-11)8-6-10-7-9-14-12(10)13/h1-5,10,12,14-15H,6-9H2/t10-,12+,13-/m1/s1. The van der Waals surface area contributed by atoms with E-state index in [4.69, 9.17) is 0 Å². The predicted molar refractivity (Wildman–Crippen MR) is 59.5 cm³/mol. The van der Waals surface area contributed by atoms with Gasteiger partial charge in [-0.25, -0.2) is 0 Å². The van der Waals surface area contributed by atoms with Gasteiger partial charge in [0.15, 0.2) is 0 Å². The van der Waals surface area contributed by atoms with Crippen LogP contribution in [-0.4, -0.2) is 17.7 Å². The Labute approximate surface area is 90.3 Å². The second kappa shape index (κ2) is 3.32. The minimum absolute atomic E-state index is 0.278. The predicted octanol–water partition coefficient (Wildman–Crippen LogP) is 1.65. The van der Waals surface area contributed by atoms with Crippen molar-refractivity contribution in [3.63, 3.8) is 0 Å². The summed E-state index contributed by atoms with van der Waals surface area (Å²) in [5.74, 6) is 0.676. The monoisotopic (exact) mass is 203 g/mol. The van der Waals surface area contributed by atoms with Crippen LogP contribution in [0.3, 0.4) is 0 Å². The first-order valence-electron chi connectivity index (χ1n) is 5.82. The molecule has 1 aromatic carbocycles. The van der Waals surface area contributed by atoms with Crippen LogP contribution in [-0.2, 0) is 5.60 Å². The first-order chi connectivity index (χ1) is 7.31. The Hall–Kier alpha value is -0.860. The molecule has 1 aliphatic heterocycles. The summed E-state index contributed by atoms with van der Waals surface area (Å²) >= 11 is 0. The molecule has 0 aromatic heterocycles. The second-order valence-electron chi connectivity index (χ2n) is 4.81. The molecule has 0 radical (unpaired) electrons. The summed E-state index contributed by atoms with van der Waals surface area (Å²) in [6, 6.07) is 10.4. The number of fused-ring (bicyclic) bond motifs is 1. The number of hydrogen-bond donors (Lipinski definition) is 2. The van der Waals surface area contributed by atoms with Gasteiger partial charge in [0.05, 0.1) is 0 Å². The van der Waals surface area contributed by atoms with Gasteiger partial charge < -0.3 is 10.4 Å². The quantitative estimate of drug-likeness (QED) is 0.727. The van der Waals surface area contributed by atoms with E-state index in [9.17, 15) is 5.11 Å². The third-order valence-corrected chi connectivity index (χ3v) is 4.04. The van der Waals surface area contributed by atoms with Gasteiger partial charge in [0.25, 0.3) is 0 Å². The van der Waals surface area contributed by atoms with Gasteiger partial charge in [-0.1, -0.05) is 30.3 Å². The fourth-order valence-electron chi connectivity index (χ4n) is 3.24. The van der Waals surface area contributed by atoms with Gasteiger partial charge in [0.1, 0.15) is 5.60 Å². The van der Waals surface area contributed by atoms with Crippen LogP contribution in [0.5, 0.6) is 0 Å². The minimum Gasteiger partial charge on any atom is -0.384 e. The summed E-state index contributed by atoms with van der Waals surface area (Å²) < 4.78 is 0.